The molecule has 1 aromatic carbocycles. The van der Waals surface area contributed by atoms with Gasteiger partial charge in [0.05, 0.1) is 16.8 Å². The second-order valence-corrected chi connectivity index (χ2v) is 5.76. The van der Waals surface area contributed by atoms with Crippen molar-refractivity contribution < 1.29 is 22.7 Å². The third kappa shape index (κ3) is 3.82. The van der Waals surface area contributed by atoms with E-state index in [9.17, 15) is 13.2 Å². The van der Waals surface area contributed by atoms with Crippen molar-refractivity contribution >= 4 is 11.8 Å². The number of rotatable bonds is 4. The van der Waals surface area contributed by atoms with Gasteiger partial charge in [-0.15, -0.1) is 11.8 Å². The number of pyridine rings is 1. The number of aromatic nitrogens is 1. The SMILES string of the molecule is CSc1ccc(OC2=CC(c3ccc(C(F)(F)F)cc3)ON2)cn1. The van der Waals surface area contributed by atoms with Crippen LogP contribution in [0.2, 0.25) is 0 Å². The molecule has 0 aliphatic carbocycles. The molecule has 2 aromatic rings. The summed E-state index contributed by atoms with van der Waals surface area (Å²) < 4.78 is 43.3. The Hall–Kier alpha value is -2.19. The van der Waals surface area contributed by atoms with Crippen LogP contribution in [0.15, 0.2) is 59.6 Å². The molecule has 4 nitrogen and oxygen atoms in total. The van der Waals surface area contributed by atoms with Crippen LogP contribution in [0.25, 0.3) is 0 Å². The molecule has 0 saturated heterocycles. The summed E-state index contributed by atoms with van der Waals surface area (Å²) in [5.74, 6) is 0.891. The number of hydrogen-bond acceptors (Lipinski definition) is 5. The predicted octanol–water partition coefficient (Wildman–Crippen LogP) is 4.32. The zero-order valence-electron chi connectivity index (χ0n) is 12.5. The van der Waals surface area contributed by atoms with Gasteiger partial charge in [-0.2, -0.15) is 13.2 Å². The summed E-state index contributed by atoms with van der Waals surface area (Å²) in [5.41, 5.74) is 2.50. The van der Waals surface area contributed by atoms with E-state index in [1.54, 1.807) is 18.3 Å². The lowest BCUT2D eigenvalue weighted by molar-refractivity contribution is -0.137. The van der Waals surface area contributed by atoms with E-state index >= 15 is 0 Å². The number of hydroxylamine groups is 1. The van der Waals surface area contributed by atoms with E-state index in [1.165, 1.54) is 23.9 Å². The van der Waals surface area contributed by atoms with Gasteiger partial charge in [-0.25, -0.2) is 10.5 Å². The first-order valence-corrected chi connectivity index (χ1v) is 8.17. The van der Waals surface area contributed by atoms with Crippen molar-refractivity contribution in [3.8, 4) is 5.75 Å². The summed E-state index contributed by atoms with van der Waals surface area (Å²) >= 11 is 1.52. The Balaban J connectivity index is 1.68. The van der Waals surface area contributed by atoms with Crippen LogP contribution >= 0.6 is 11.8 Å². The van der Waals surface area contributed by atoms with E-state index in [2.05, 4.69) is 10.5 Å². The Morgan fingerprint density at radius 1 is 1.17 bits per heavy atom. The van der Waals surface area contributed by atoms with Crippen molar-refractivity contribution in [3.05, 3.63) is 65.7 Å². The number of ether oxygens (including phenoxy) is 1. The second-order valence-electron chi connectivity index (χ2n) is 4.93. The molecule has 3 rings (SSSR count). The van der Waals surface area contributed by atoms with Gasteiger partial charge in [0.15, 0.2) is 0 Å². The van der Waals surface area contributed by atoms with Crippen molar-refractivity contribution in [1.82, 2.24) is 10.5 Å². The third-order valence-corrected chi connectivity index (χ3v) is 3.96. The van der Waals surface area contributed by atoms with Crippen molar-refractivity contribution in [2.75, 3.05) is 6.26 Å². The van der Waals surface area contributed by atoms with Crippen LogP contribution in [0.3, 0.4) is 0 Å². The number of hydrogen-bond donors (Lipinski definition) is 1. The maximum absolute atomic E-state index is 12.6. The lowest BCUT2D eigenvalue weighted by Gasteiger charge is -2.10. The normalized spacial score (nSPS) is 17.3. The van der Waals surface area contributed by atoms with Gasteiger partial charge in [-0.05, 0) is 36.1 Å². The molecule has 0 fully saturated rings. The average molecular weight is 354 g/mol. The zero-order valence-corrected chi connectivity index (χ0v) is 13.3. The molecule has 24 heavy (non-hydrogen) atoms. The minimum Gasteiger partial charge on any atom is -0.438 e. The molecule has 1 atom stereocenters. The van der Waals surface area contributed by atoms with E-state index in [0.717, 1.165) is 17.2 Å². The number of thioether (sulfide) groups is 1. The van der Waals surface area contributed by atoms with E-state index in [4.69, 9.17) is 9.57 Å². The van der Waals surface area contributed by atoms with Crippen LogP contribution in [0.5, 0.6) is 5.75 Å². The Kier molecular flexibility index (Phi) is 4.68. The summed E-state index contributed by atoms with van der Waals surface area (Å²) in [7, 11) is 0. The van der Waals surface area contributed by atoms with Crippen LogP contribution in [0.1, 0.15) is 17.2 Å². The van der Waals surface area contributed by atoms with Gasteiger partial charge in [0, 0.05) is 6.08 Å². The standard InChI is InChI=1S/C16H13F3N2O2S/c1-24-15-7-6-12(9-20-15)22-14-8-13(23-21-14)10-2-4-11(5-3-10)16(17,18)19/h2-9,13,21H,1H3. The molecule has 0 amide bonds. The van der Waals surface area contributed by atoms with Gasteiger partial charge in [0.1, 0.15) is 11.9 Å². The fourth-order valence-corrected chi connectivity index (χ4v) is 2.45. The highest BCUT2D eigenvalue weighted by atomic mass is 32.2. The molecular weight excluding hydrogens is 341 g/mol. The number of halogens is 3. The molecule has 1 aliphatic rings. The van der Waals surface area contributed by atoms with Gasteiger partial charge in [-0.1, -0.05) is 12.1 Å². The number of alkyl halides is 3. The first-order valence-electron chi connectivity index (χ1n) is 6.94. The largest absolute Gasteiger partial charge is 0.438 e. The number of nitrogens with zero attached hydrogens (tertiary/aromatic N) is 1. The maximum atomic E-state index is 12.6. The first kappa shape index (κ1) is 16.7. The van der Waals surface area contributed by atoms with Crippen LogP contribution in [-0.2, 0) is 11.0 Å². The summed E-state index contributed by atoms with van der Waals surface area (Å²) in [6.07, 6.45) is 0.269. The van der Waals surface area contributed by atoms with Gasteiger partial charge < -0.3 is 4.74 Å². The summed E-state index contributed by atoms with van der Waals surface area (Å²) in [6.45, 7) is 0. The molecule has 8 heteroatoms. The molecule has 126 valence electrons. The minimum absolute atomic E-state index is 0.360. The molecule has 0 radical (unpaired) electrons. The maximum Gasteiger partial charge on any atom is 0.416 e. The van der Waals surface area contributed by atoms with Gasteiger partial charge in [0.2, 0.25) is 5.88 Å². The van der Waals surface area contributed by atoms with Crippen molar-refractivity contribution in [2.24, 2.45) is 0 Å². The predicted molar refractivity (Wildman–Crippen MR) is 83.1 cm³/mol. The Morgan fingerprint density at radius 3 is 2.50 bits per heavy atom. The highest BCUT2D eigenvalue weighted by Crippen LogP contribution is 2.31. The fourth-order valence-electron chi connectivity index (χ4n) is 2.08. The summed E-state index contributed by atoms with van der Waals surface area (Å²) in [4.78, 5) is 9.51. The van der Waals surface area contributed by atoms with E-state index in [1.807, 2.05) is 12.3 Å². The zero-order chi connectivity index (χ0) is 17.2. The fraction of sp³-hybridized carbons (Fsp3) is 0.188. The smallest absolute Gasteiger partial charge is 0.416 e. The third-order valence-electron chi connectivity index (χ3n) is 3.30. The molecule has 0 saturated carbocycles. The van der Waals surface area contributed by atoms with Crippen LogP contribution in [0.4, 0.5) is 13.2 Å². The van der Waals surface area contributed by atoms with Crippen LogP contribution < -0.4 is 10.2 Å². The van der Waals surface area contributed by atoms with Crippen LogP contribution in [-0.4, -0.2) is 11.2 Å². The van der Waals surface area contributed by atoms with Crippen molar-refractivity contribution in [2.45, 2.75) is 17.3 Å². The van der Waals surface area contributed by atoms with Gasteiger partial charge in [0.25, 0.3) is 0 Å². The van der Waals surface area contributed by atoms with Crippen LogP contribution in [0, 0.1) is 0 Å². The molecule has 0 bridgehead atoms. The van der Waals surface area contributed by atoms with E-state index < -0.39 is 17.8 Å². The van der Waals surface area contributed by atoms with Gasteiger partial charge in [-0.3, -0.25) is 4.84 Å². The first-order chi connectivity index (χ1) is 11.5. The molecule has 1 N–H and O–H groups in total. The minimum atomic E-state index is -4.35. The van der Waals surface area contributed by atoms with E-state index in [-0.39, 0.29) is 0 Å². The molecule has 1 aliphatic heterocycles. The van der Waals surface area contributed by atoms with Crippen molar-refractivity contribution in [1.29, 1.82) is 0 Å². The molecular formula is C16H13F3N2O2S. The highest BCUT2D eigenvalue weighted by molar-refractivity contribution is 7.98. The topological polar surface area (TPSA) is 43.4 Å². The van der Waals surface area contributed by atoms with E-state index in [0.29, 0.717) is 17.2 Å². The Labute approximate surface area is 140 Å². The summed E-state index contributed by atoms with van der Waals surface area (Å²) in [5, 5.41) is 0.870. The number of nitrogens with one attached hydrogen (secondary N) is 1. The van der Waals surface area contributed by atoms with Crippen molar-refractivity contribution in [3.63, 3.8) is 0 Å². The Bertz CT molecular complexity index is 730. The average Bonchev–Trinajstić information content (AvgIpc) is 3.03. The summed E-state index contributed by atoms with van der Waals surface area (Å²) in [6, 6.07) is 8.40. The lowest BCUT2D eigenvalue weighted by atomic mass is 10.1. The number of benzene rings is 1. The highest BCUT2D eigenvalue weighted by Gasteiger charge is 2.30. The lowest BCUT2D eigenvalue weighted by Crippen LogP contribution is -2.12. The molecule has 1 unspecified atom stereocenters. The quantitative estimate of drug-likeness (QED) is 0.829. The Morgan fingerprint density at radius 2 is 1.92 bits per heavy atom. The molecule has 1 aromatic heterocycles. The monoisotopic (exact) mass is 354 g/mol. The molecule has 0 spiro atoms. The van der Waals surface area contributed by atoms with Gasteiger partial charge >= 0.3 is 6.18 Å². The second kappa shape index (κ2) is 6.74. The molecule has 2 heterocycles.